The van der Waals surface area contributed by atoms with Gasteiger partial charge in [-0.2, -0.15) is 4.31 Å². The van der Waals surface area contributed by atoms with Crippen molar-refractivity contribution in [1.82, 2.24) is 9.62 Å². The first-order valence-electron chi connectivity index (χ1n) is 7.41. The number of nitrogens with one attached hydrogen (secondary N) is 2. The van der Waals surface area contributed by atoms with Crippen LogP contribution in [0.15, 0.2) is 23.1 Å². The second-order valence-corrected chi connectivity index (χ2v) is 7.60. The zero-order valence-corrected chi connectivity index (χ0v) is 15.7. The molecule has 0 spiro atoms. The number of halogens is 2. The maximum atomic E-state index is 12.6. The van der Waals surface area contributed by atoms with E-state index in [9.17, 15) is 18.0 Å². The summed E-state index contributed by atoms with van der Waals surface area (Å²) in [7, 11) is -3.69. The Balaban J connectivity index is 0.00000312. The number of sulfonamides is 1. The van der Waals surface area contributed by atoms with E-state index in [0.717, 1.165) is 12.8 Å². The van der Waals surface area contributed by atoms with E-state index in [1.165, 1.54) is 22.5 Å². The molecule has 2 rings (SSSR count). The molecule has 1 heterocycles. The van der Waals surface area contributed by atoms with Crippen molar-refractivity contribution in [3.05, 3.63) is 23.2 Å². The van der Waals surface area contributed by atoms with Gasteiger partial charge in [-0.15, -0.1) is 12.4 Å². The molecule has 0 aliphatic carbocycles. The highest BCUT2D eigenvalue weighted by Crippen LogP contribution is 2.29. The van der Waals surface area contributed by atoms with E-state index in [2.05, 4.69) is 10.6 Å². The average molecular weight is 411 g/mol. The minimum Gasteiger partial charge on any atom is -0.346 e. The van der Waals surface area contributed by atoms with Crippen LogP contribution in [0.2, 0.25) is 5.02 Å². The lowest BCUT2D eigenvalue weighted by atomic mass is 10.3. The van der Waals surface area contributed by atoms with Gasteiger partial charge in [0.2, 0.25) is 21.8 Å². The fraction of sp³-hybridized carbons (Fsp3) is 0.429. The lowest BCUT2D eigenvalue weighted by Gasteiger charge is -2.17. The molecular formula is C14H20Cl2N4O4S. The van der Waals surface area contributed by atoms with Gasteiger partial charge in [-0.1, -0.05) is 11.6 Å². The third kappa shape index (κ3) is 5.55. The van der Waals surface area contributed by atoms with Crippen molar-refractivity contribution in [2.45, 2.75) is 17.7 Å². The lowest BCUT2D eigenvalue weighted by Crippen LogP contribution is -2.36. The second-order valence-electron chi connectivity index (χ2n) is 5.29. The SMILES string of the molecule is Cl.NCC(=O)NCC(=O)Nc1ccc(Cl)c(S(=O)(=O)N2CCCC2)c1. The van der Waals surface area contributed by atoms with Crippen LogP contribution in [0.1, 0.15) is 12.8 Å². The Labute approximate surface area is 157 Å². The number of benzene rings is 1. The molecule has 2 amide bonds. The van der Waals surface area contributed by atoms with Crippen LogP contribution in [-0.2, 0) is 19.6 Å². The first-order chi connectivity index (χ1) is 11.3. The van der Waals surface area contributed by atoms with Gasteiger partial charge in [0.25, 0.3) is 0 Å². The molecular weight excluding hydrogens is 391 g/mol. The highest BCUT2D eigenvalue weighted by molar-refractivity contribution is 7.89. The molecule has 1 aliphatic rings. The topological polar surface area (TPSA) is 122 Å². The molecule has 140 valence electrons. The number of hydrogen-bond acceptors (Lipinski definition) is 5. The minimum absolute atomic E-state index is 0. The van der Waals surface area contributed by atoms with E-state index >= 15 is 0 Å². The number of anilines is 1. The van der Waals surface area contributed by atoms with Crippen LogP contribution in [0.5, 0.6) is 0 Å². The minimum atomic E-state index is -3.69. The molecule has 0 radical (unpaired) electrons. The van der Waals surface area contributed by atoms with E-state index in [4.69, 9.17) is 17.3 Å². The molecule has 0 saturated carbocycles. The molecule has 1 aromatic carbocycles. The number of amides is 2. The van der Waals surface area contributed by atoms with Gasteiger partial charge < -0.3 is 16.4 Å². The predicted molar refractivity (Wildman–Crippen MR) is 97.4 cm³/mol. The van der Waals surface area contributed by atoms with Gasteiger partial charge in [-0.25, -0.2) is 8.42 Å². The van der Waals surface area contributed by atoms with Crippen LogP contribution in [0.25, 0.3) is 0 Å². The Morgan fingerprint density at radius 2 is 1.84 bits per heavy atom. The van der Waals surface area contributed by atoms with Gasteiger partial charge in [-0.3, -0.25) is 9.59 Å². The zero-order chi connectivity index (χ0) is 17.7. The Morgan fingerprint density at radius 1 is 1.20 bits per heavy atom. The molecule has 0 unspecified atom stereocenters. The smallest absolute Gasteiger partial charge is 0.244 e. The lowest BCUT2D eigenvalue weighted by molar-refractivity contribution is -0.123. The first kappa shape index (κ1) is 21.7. The predicted octanol–water partition coefficient (Wildman–Crippen LogP) is 0.560. The second kappa shape index (κ2) is 9.35. The normalized spacial score (nSPS) is 14.6. The summed E-state index contributed by atoms with van der Waals surface area (Å²) in [5.41, 5.74) is 5.41. The molecule has 8 nitrogen and oxygen atoms in total. The van der Waals surface area contributed by atoms with E-state index < -0.39 is 21.8 Å². The first-order valence-corrected chi connectivity index (χ1v) is 9.22. The van der Waals surface area contributed by atoms with Crippen LogP contribution < -0.4 is 16.4 Å². The number of carbonyl (C=O) groups excluding carboxylic acids is 2. The van der Waals surface area contributed by atoms with Crippen LogP contribution >= 0.6 is 24.0 Å². The molecule has 0 atom stereocenters. The number of rotatable bonds is 6. The van der Waals surface area contributed by atoms with Crippen molar-refractivity contribution in [3.8, 4) is 0 Å². The molecule has 1 saturated heterocycles. The summed E-state index contributed by atoms with van der Waals surface area (Å²) in [4.78, 5) is 22.8. The van der Waals surface area contributed by atoms with Crippen molar-refractivity contribution < 1.29 is 18.0 Å². The number of carbonyl (C=O) groups is 2. The van der Waals surface area contributed by atoms with Gasteiger partial charge in [0.15, 0.2) is 0 Å². The maximum absolute atomic E-state index is 12.6. The van der Waals surface area contributed by atoms with Gasteiger partial charge in [0.05, 0.1) is 18.1 Å². The number of nitrogens with zero attached hydrogens (tertiary/aromatic N) is 1. The molecule has 4 N–H and O–H groups in total. The van der Waals surface area contributed by atoms with E-state index in [1.54, 1.807) is 0 Å². The molecule has 0 aromatic heterocycles. The third-order valence-electron chi connectivity index (χ3n) is 3.53. The van der Waals surface area contributed by atoms with Crippen molar-refractivity contribution in [1.29, 1.82) is 0 Å². The molecule has 0 bridgehead atoms. The van der Waals surface area contributed by atoms with Crippen LogP contribution in [-0.4, -0.2) is 50.7 Å². The van der Waals surface area contributed by atoms with Crippen molar-refractivity contribution in [2.75, 3.05) is 31.5 Å². The fourth-order valence-corrected chi connectivity index (χ4v) is 4.32. The van der Waals surface area contributed by atoms with Crippen molar-refractivity contribution in [2.24, 2.45) is 5.73 Å². The summed E-state index contributed by atoms with van der Waals surface area (Å²) in [5.74, 6) is -0.956. The molecule has 11 heteroatoms. The fourth-order valence-electron chi connectivity index (χ4n) is 2.30. The summed E-state index contributed by atoms with van der Waals surface area (Å²) in [6.07, 6.45) is 1.63. The van der Waals surface area contributed by atoms with Gasteiger partial charge in [-0.05, 0) is 31.0 Å². The monoisotopic (exact) mass is 410 g/mol. The quantitative estimate of drug-likeness (QED) is 0.632. The highest BCUT2D eigenvalue weighted by atomic mass is 35.5. The Morgan fingerprint density at radius 3 is 2.44 bits per heavy atom. The number of hydrogen-bond donors (Lipinski definition) is 3. The van der Waals surface area contributed by atoms with E-state index in [0.29, 0.717) is 13.1 Å². The van der Waals surface area contributed by atoms with Crippen molar-refractivity contribution in [3.63, 3.8) is 0 Å². The molecule has 1 aliphatic heterocycles. The average Bonchev–Trinajstić information content (AvgIpc) is 3.09. The Kier molecular flexibility index (Phi) is 8.10. The molecule has 1 fully saturated rings. The van der Waals surface area contributed by atoms with Crippen LogP contribution in [0, 0.1) is 0 Å². The third-order valence-corrected chi connectivity index (χ3v) is 5.91. The standard InChI is InChI=1S/C14H19ClN4O4S.ClH/c15-11-4-3-10(18-14(21)9-17-13(20)8-16)7-12(11)24(22,23)19-5-1-2-6-19;/h3-4,7H,1-2,5-6,8-9,16H2,(H,17,20)(H,18,21);1H. The van der Waals surface area contributed by atoms with Crippen molar-refractivity contribution >= 4 is 51.5 Å². The van der Waals surface area contributed by atoms with E-state index in [1.807, 2.05) is 0 Å². The Hall–Kier alpha value is -1.39. The highest BCUT2D eigenvalue weighted by Gasteiger charge is 2.29. The molecule has 25 heavy (non-hydrogen) atoms. The summed E-state index contributed by atoms with van der Waals surface area (Å²) < 4.78 is 26.6. The maximum Gasteiger partial charge on any atom is 0.244 e. The number of nitrogens with two attached hydrogens (primary N) is 1. The summed E-state index contributed by atoms with van der Waals surface area (Å²) in [6, 6.07) is 4.23. The van der Waals surface area contributed by atoms with Crippen LogP contribution in [0.4, 0.5) is 5.69 Å². The van der Waals surface area contributed by atoms with Gasteiger partial charge >= 0.3 is 0 Å². The molecule has 1 aromatic rings. The summed E-state index contributed by atoms with van der Waals surface area (Å²) >= 11 is 6.03. The van der Waals surface area contributed by atoms with E-state index in [-0.39, 0.29) is 41.1 Å². The Bertz CT molecular complexity index is 736. The summed E-state index contributed by atoms with van der Waals surface area (Å²) in [6.45, 7) is 0.445. The summed E-state index contributed by atoms with van der Waals surface area (Å²) in [5, 5.41) is 4.93. The van der Waals surface area contributed by atoms with Crippen LogP contribution in [0.3, 0.4) is 0 Å². The van der Waals surface area contributed by atoms with Gasteiger partial charge in [0.1, 0.15) is 4.90 Å². The van der Waals surface area contributed by atoms with Gasteiger partial charge in [0, 0.05) is 18.8 Å². The largest absolute Gasteiger partial charge is 0.346 e. The zero-order valence-electron chi connectivity index (χ0n) is 13.3.